The normalized spacial score (nSPS) is 10.4. The standard InChI is InChI=1S/C6H6N6OS2/c7-4(13)2-15-6-8-3(1-14-6)5-9-11-12-10-5/h1H,2H2,(H2,7,13)(H,9,10,11,12). The average Bonchev–Trinajstić information content (AvgIpc) is 2.85. The number of nitrogens with one attached hydrogen (secondary N) is 1. The lowest BCUT2D eigenvalue weighted by atomic mass is 10.5. The maximum Gasteiger partial charge on any atom is 0.227 e. The van der Waals surface area contributed by atoms with Crippen molar-refractivity contribution in [1.82, 2.24) is 25.6 Å². The van der Waals surface area contributed by atoms with E-state index in [1.54, 1.807) is 0 Å². The number of H-pyrrole nitrogens is 1. The molecule has 2 heterocycles. The number of carbonyl (C=O) groups excluding carboxylic acids is 1. The highest BCUT2D eigenvalue weighted by atomic mass is 32.2. The quantitative estimate of drug-likeness (QED) is 0.724. The van der Waals surface area contributed by atoms with Crippen LogP contribution in [0.2, 0.25) is 0 Å². The van der Waals surface area contributed by atoms with Gasteiger partial charge in [0.2, 0.25) is 5.91 Å². The van der Waals surface area contributed by atoms with E-state index < -0.39 is 0 Å². The minimum atomic E-state index is -0.363. The van der Waals surface area contributed by atoms with E-state index >= 15 is 0 Å². The Morgan fingerprint density at radius 1 is 1.67 bits per heavy atom. The van der Waals surface area contributed by atoms with Crippen LogP contribution in [0.4, 0.5) is 0 Å². The Morgan fingerprint density at radius 2 is 2.53 bits per heavy atom. The number of nitrogens with zero attached hydrogens (tertiary/aromatic N) is 4. The first-order valence-electron chi connectivity index (χ1n) is 3.86. The smallest absolute Gasteiger partial charge is 0.227 e. The van der Waals surface area contributed by atoms with Gasteiger partial charge < -0.3 is 5.73 Å². The summed E-state index contributed by atoms with van der Waals surface area (Å²) in [5.74, 6) is 0.372. The molecule has 0 atom stereocenters. The Morgan fingerprint density at radius 3 is 3.20 bits per heavy atom. The van der Waals surface area contributed by atoms with Crippen molar-refractivity contribution in [2.24, 2.45) is 5.73 Å². The van der Waals surface area contributed by atoms with Crippen molar-refractivity contribution in [2.75, 3.05) is 5.75 Å². The van der Waals surface area contributed by atoms with Crippen molar-refractivity contribution < 1.29 is 4.79 Å². The van der Waals surface area contributed by atoms with Gasteiger partial charge in [0.15, 0.2) is 10.2 Å². The summed E-state index contributed by atoms with van der Waals surface area (Å²) in [6.45, 7) is 0. The molecule has 15 heavy (non-hydrogen) atoms. The lowest BCUT2D eigenvalue weighted by molar-refractivity contribution is -0.115. The number of rotatable bonds is 4. The third kappa shape index (κ3) is 2.50. The zero-order valence-electron chi connectivity index (χ0n) is 7.38. The average molecular weight is 242 g/mol. The number of primary amides is 1. The van der Waals surface area contributed by atoms with Gasteiger partial charge in [0.1, 0.15) is 5.69 Å². The Kier molecular flexibility index (Phi) is 2.92. The maximum absolute atomic E-state index is 10.5. The summed E-state index contributed by atoms with van der Waals surface area (Å²) in [7, 11) is 0. The van der Waals surface area contributed by atoms with Crippen LogP contribution in [0, 0.1) is 0 Å². The van der Waals surface area contributed by atoms with Gasteiger partial charge in [-0.25, -0.2) is 10.1 Å². The molecule has 1 amide bonds. The van der Waals surface area contributed by atoms with E-state index in [9.17, 15) is 4.79 Å². The summed E-state index contributed by atoms with van der Waals surface area (Å²) in [6.07, 6.45) is 0. The summed E-state index contributed by atoms with van der Waals surface area (Å²) >= 11 is 2.72. The summed E-state index contributed by atoms with van der Waals surface area (Å²) in [6, 6.07) is 0. The summed E-state index contributed by atoms with van der Waals surface area (Å²) < 4.78 is 0.764. The van der Waals surface area contributed by atoms with Crippen LogP contribution in [0.3, 0.4) is 0 Å². The fourth-order valence-corrected chi connectivity index (χ4v) is 2.38. The molecular weight excluding hydrogens is 236 g/mol. The van der Waals surface area contributed by atoms with Gasteiger partial charge in [-0.15, -0.1) is 16.4 Å². The molecule has 9 heteroatoms. The molecule has 0 spiro atoms. The molecule has 0 unspecified atom stereocenters. The first-order chi connectivity index (χ1) is 7.25. The van der Waals surface area contributed by atoms with Crippen LogP contribution in [-0.4, -0.2) is 37.3 Å². The van der Waals surface area contributed by atoms with Crippen molar-refractivity contribution in [3.63, 3.8) is 0 Å². The first kappa shape index (κ1) is 10.1. The highest BCUT2D eigenvalue weighted by Gasteiger charge is 2.08. The van der Waals surface area contributed by atoms with E-state index in [-0.39, 0.29) is 11.7 Å². The number of thioether (sulfide) groups is 1. The number of hydrogen-bond acceptors (Lipinski definition) is 7. The molecule has 2 aromatic heterocycles. The molecule has 7 nitrogen and oxygen atoms in total. The highest BCUT2D eigenvalue weighted by molar-refractivity contribution is 8.01. The lowest BCUT2D eigenvalue weighted by Gasteiger charge is -1.90. The van der Waals surface area contributed by atoms with Gasteiger partial charge in [-0.3, -0.25) is 4.79 Å². The van der Waals surface area contributed by atoms with Crippen LogP contribution in [0.25, 0.3) is 11.5 Å². The van der Waals surface area contributed by atoms with Gasteiger partial charge in [-0.2, -0.15) is 0 Å². The van der Waals surface area contributed by atoms with Gasteiger partial charge in [0.05, 0.1) is 5.75 Å². The number of thiazole rings is 1. The van der Waals surface area contributed by atoms with Crippen LogP contribution < -0.4 is 5.73 Å². The minimum Gasteiger partial charge on any atom is -0.369 e. The molecule has 0 saturated carbocycles. The van der Waals surface area contributed by atoms with Crippen LogP contribution in [0.15, 0.2) is 9.72 Å². The second kappa shape index (κ2) is 4.36. The molecule has 0 bridgehead atoms. The molecule has 2 aromatic rings. The Bertz CT molecular complexity index is 452. The van der Waals surface area contributed by atoms with Crippen LogP contribution in [0.5, 0.6) is 0 Å². The molecule has 0 radical (unpaired) electrons. The molecule has 0 aliphatic rings. The van der Waals surface area contributed by atoms with Gasteiger partial charge in [0, 0.05) is 5.38 Å². The Hall–Kier alpha value is -1.48. The number of aromatic amines is 1. The Balaban J connectivity index is 2.08. The molecule has 0 aliphatic heterocycles. The van der Waals surface area contributed by atoms with Crippen molar-refractivity contribution in [1.29, 1.82) is 0 Å². The van der Waals surface area contributed by atoms with Crippen molar-refractivity contribution >= 4 is 29.0 Å². The zero-order valence-corrected chi connectivity index (χ0v) is 9.01. The molecule has 0 saturated heterocycles. The molecule has 0 fully saturated rings. The number of amides is 1. The fourth-order valence-electron chi connectivity index (χ4n) is 0.833. The Labute approximate surface area is 92.5 Å². The number of carbonyl (C=O) groups is 1. The van der Waals surface area contributed by atoms with Crippen LogP contribution >= 0.6 is 23.1 Å². The second-order valence-electron chi connectivity index (χ2n) is 2.50. The van der Waals surface area contributed by atoms with Crippen molar-refractivity contribution in [3.05, 3.63) is 5.38 Å². The number of nitrogens with two attached hydrogens (primary N) is 1. The predicted octanol–water partition coefficient (Wildman–Crippen LogP) is -0.0994. The topological polar surface area (TPSA) is 110 Å². The monoisotopic (exact) mass is 242 g/mol. The SMILES string of the molecule is NC(=O)CSc1nc(-c2nnn[nH]2)cs1. The largest absolute Gasteiger partial charge is 0.369 e. The van der Waals surface area contributed by atoms with Gasteiger partial charge in [0.25, 0.3) is 0 Å². The molecule has 2 rings (SSSR count). The molecule has 3 N–H and O–H groups in total. The maximum atomic E-state index is 10.5. The third-order valence-corrected chi connectivity index (χ3v) is 3.45. The number of tetrazole rings is 1. The van der Waals surface area contributed by atoms with Crippen LogP contribution in [0.1, 0.15) is 0 Å². The van der Waals surface area contributed by atoms with Crippen molar-refractivity contribution in [2.45, 2.75) is 4.34 Å². The molecular formula is C6H6N6OS2. The van der Waals surface area contributed by atoms with Gasteiger partial charge >= 0.3 is 0 Å². The summed E-state index contributed by atoms with van der Waals surface area (Å²) in [5, 5.41) is 15.0. The van der Waals surface area contributed by atoms with E-state index in [4.69, 9.17) is 5.73 Å². The summed E-state index contributed by atoms with van der Waals surface area (Å²) in [5.41, 5.74) is 5.68. The third-order valence-electron chi connectivity index (χ3n) is 1.41. The zero-order chi connectivity index (χ0) is 10.7. The van der Waals surface area contributed by atoms with Crippen molar-refractivity contribution in [3.8, 4) is 11.5 Å². The lowest BCUT2D eigenvalue weighted by Crippen LogP contribution is -2.12. The molecule has 0 aliphatic carbocycles. The van der Waals surface area contributed by atoms with E-state index in [0.29, 0.717) is 11.5 Å². The number of aromatic nitrogens is 5. The fraction of sp³-hybridized carbons (Fsp3) is 0.167. The van der Waals surface area contributed by atoms with E-state index in [2.05, 4.69) is 25.6 Å². The molecule has 0 aromatic carbocycles. The van der Waals surface area contributed by atoms with Gasteiger partial charge in [-0.05, 0) is 10.4 Å². The second-order valence-corrected chi connectivity index (χ2v) is 4.58. The highest BCUT2D eigenvalue weighted by Crippen LogP contribution is 2.25. The molecule has 78 valence electrons. The van der Waals surface area contributed by atoms with E-state index in [1.807, 2.05) is 5.38 Å². The minimum absolute atomic E-state index is 0.224. The van der Waals surface area contributed by atoms with E-state index in [1.165, 1.54) is 23.1 Å². The first-order valence-corrected chi connectivity index (χ1v) is 5.73. The number of hydrogen-bond donors (Lipinski definition) is 2. The predicted molar refractivity (Wildman–Crippen MR) is 55.2 cm³/mol. The van der Waals surface area contributed by atoms with E-state index in [0.717, 1.165) is 4.34 Å². The van der Waals surface area contributed by atoms with Gasteiger partial charge in [-0.1, -0.05) is 11.8 Å². The summed E-state index contributed by atoms with van der Waals surface area (Å²) in [4.78, 5) is 14.8. The van der Waals surface area contributed by atoms with Crippen LogP contribution in [-0.2, 0) is 4.79 Å².